The summed E-state index contributed by atoms with van der Waals surface area (Å²) < 4.78 is 5.41. The summed E-state index contributed by atoms with van der Waals surface area (Å²) in [4.78, 5) is 5.79. The Hall–Kier alpha value is -1.33. The number of hydrogen-bond donors (Lipinski definition) is 1. The standard InChI is InChI=1S/C15H19N3OS/c1-11-3-2-4-13(9-11)20-10-14-17-15(19-18-14)12-5-7-16-8-6-12/h2-4,9,12,16H,5-8,10H2,1H3. The molecule has 20 heavy (non-hydrogen) atoms. The highest BCUT2D eigenvalue weighted by atomic mass is 32.2. The first kappa shape index (κ1) is 13.6. The zero-order chi connectivity index (χ0) is 13.8. The largest absolute Gasteiger partial charge is 0.339 e. The van der Waals surface area contributed by atoms with Crippen molar-refractivity contribution in [3.05, 3.63) is 41.5 Å². The highest BCUT2D eigenvalue weighted by Gasteiger charge is 2.21. The molecule has 0 atom stereocenters. The minimum Gasteiger partial charge on any atom is -0.339 e. The molecule has 0 unspecified atom stereocenters. The molecule has 0 spiro atoms. The van der Waals surface area contributed by atoms with Crippen LogP contribution in [0.4, 0.5) is 0 Å². The van der Waals surface area contributed by atoms with Crippen molar-refractivity contribution < 1.29 is 4.52 Å². The average Bonchev–Trinajstić information content (AvgIpc) is 2.95. The van der Waals surface area contributed by atoms with Crippen LogP contribution in [0.2, 0.25) is 0 Å². The van der Waals surface area contributed by atoms with Crippen molar-refractivity contribution in [1.29, 1.82) is 0 Å². The van der Waals surface area contributed by atoms with Crippen molar-refractivity contribution in [2.75, 3.05) is 13.1 Å². The number of nitrogens with one attached hydrogen (secondary N) is 1. The predicted octanol–water partition coefficient (Wildman–Crippen LogP) is 3.14. The molecule has 1 aliphatic heterocycles. The van der Waals surface area contributed by atoms with Gasteiger partial charge in [-0.15, -0.1) is 11.8 Å². The summed E-state index contributed by atoms with van der Waals surface area (Å²) in [6, 6.07) is 8.48. The van der Waals surface area contributed by atoms with E-state index in [-0.39, 0.29) is 0 Å². The third-order valence-corrected chi connectivity index (χ3v) is 4.52. The second-order valence-electron chi connectivity index (χ2n) is 5.18. The van der Waals surface area contributed by atoms with Crippen molar-refractivity contribution in [3.63, 3.8) is 0 Å². The summed E-state index contributed by atoms with van der Waals surface area (Å²) >= 11 is 1.75. The van der Waals surface area contributed by atoms with E-state index in [1.165, 1.54) is 10.5 Å². The van der Waals surface area contributed by atoms with Crippen LogP contribution in [0.25, 0.3) is 0 Å². The molecule has 106 valence electrons. The maximum absolute atomic E-state index is 5.41. The SMILES string of the molecule is Cc1cccc(SCc2noc(C3CCNCC3)n2)c1. The van der Waals surface area contributed by atoms with Crippen LogP contribution in [0.3, 0.4) is 0 Å². The lowest BCUT2D eigenvalue weighted by atomic mass is 9.98. The van der Waals surface area contributed by atoms with Crippen LogP contribution in [-0.2, 0) is 5.75 Å². The Kier molecular flexibility index (Phi) is 4.38. The monoisotopic (exact) mass is 289 g/mol. The molecule has 1 aliphatic rings. The fraction of sp³-hybridized carbons (Fsp3) is 0.467. The van der Waals surface area contributed by atoms with E-state index in [0.29, 0.717) is 5.92 Å². The summed E-state index contributed by atoms with van der Waals surface area (Å²) in [5, 5.41) is 7.45. The molecule has 1 saturated heterocycles. The minimum atomic E-state index is 0.432. The highest BCUT2D eigenvalue weighted by molar-refractivity contribution is 7.98. The van der Waals surface area contributed by atoms with Crippen LogP contribution in [0.5, 0.6) is 0 Å². The van der Waals surface area contributed by atoms with E-state index in [1.54, 1.807) is 11.8 Å². The first-order valence-corrected chi connectivity index (χ1v) is 8.02. The number of thioether (sulfide) groups is 1. The number of aromatic nitrogens is 2. The van der Waals surface area contributed by atoms with Gasteiger partial charge in [-0.05, 0) is 45.0 Å². The third kappa shape index (κ3) is 3.41. The van der Waals surface area contributed by atoms with Crippen molar-refractivity contribution >= 4 is 11.8 Å². The van der Waals surface area contributed by atoms with Crippen LogP contribution in [0.1, 0.15) is 36.0 Å². The predicted molar refractivity (Wildman–Crippen MR) is 79.9 cm³/mol. The first-order valence-electron chi connectivity index (χ1n) is 7.04. The number of hydrogen-bond acceptors (Lipinski definition) is 5. The second-order valence-corrected chi connectivity index (χ2v) is 6.23. The Labute approximate surface area is 123 Å². The molecule has 0 bridgehead atoms. The lowest BCUT2D eigenvalue weighted by Gasteiger charge is -2.18. The van der Waals surface area contributed by atoms with Gasteiger partial charge < -0.3 is 9.84 Å². The topological polar surface area (TPSA) is 51.0 Å². The van der Waals surface area contributed by atoms with Crippen molar-refractivity contribution in [3.8, 4) is 0 Å². The van der Waals surface area contributed by atoms with Crippen LogP contribution < -0.4 is 5.32 Å². The molecule has 4 nitrogen and oxygen atoms in total. The van der Waals surface area contributed by atoms with Gasteiger partial charge in [0.1, 0.15) is 0 Å². The van der Waals surface area contributed by atoms with Gasteiger partial charge >= 0.3 is 0 Å². The van der Waals surface area contributed by atoms with Gasteiger partial charge in [-0.25, -0.2) is 0 Å². The summed E-state index contributed by atoms with van der Waals surface area (Å²) in [7, 11) is 0. The van der Waals surface area contributed by atoms with E-state index in [1.807, 2.05) is 0 Å². The van der Waals surface area contributed by atoms with Gasteiger partial charge in [0.15, 0.2) is 5.82 Å². The maximum atomic E-state index is 5.41. The molecule has 1 N–H and O–H groups in total. The van der Waals surface area contributed by atoms with Crippen LogP contribution in [-0.4, -0.2) is 23.2 Å². The number of benzene rings is 1. The molecule has 2 aromatic rings. The Balaban J connectivity index is 1.59. The molecule has 0 radical (unpaired) electrons. The third-order valence-electron chi connectivity index (χ3n) is 3.53. The lowest BCUT2D eigenvalue weighted by molar-refractivity contribution is 0.319. The quantitative estimate of drug-likeness (QED) is 0.876. The molecule has 0 aliphatic carbocycles. The number of aryl methyl sites for hydroxylation is 1. The molecule has 5 heteroatoms. The van der Waals surface area contributed by atoms with Crippen LogP contribution in [0, 0.1) is 6.92 Å². The van der Waals surface area contributed by atoms with Gasteiger partial charge in [0.2, 0.25) is 5.89 Å². The van der Waals surface area contributed by atoms with E-state index in [4.69, 9.17) is 4.52 Å². The fourth-order valence-corrected chi connectivity index (χ4v) is 3.27. The zero-order valence-corrected chi connectivity index (χ0v) is 12.4. The molecule has 0 amide bonds. The first-order chi connectivity index (χ1) is 9.81. The highest BCUT2D eigenvalue weighted by Crippen LogP contribution is 2.26. The van der Waals surface area contributed by atoms with Gasteiger partial charge in [0, 0.05) is 10.8 Å². The van der Waals surface area contributed by atoms with Gasteiger partial charge in [-0.2, -0.15) is 4.98 Å². The van der Waals surface area contributed by atoms with Gasteiger partial charge in [-0.1, -0.05) is 22.9 Å². The number of rotatable bonds is 4. The Morgan fingerprint density at radius 1 is 1.35 bits per heavy atom. The summed E-state index contributed by atoms with van der Waals surface area (Å²) in [5.74, 6) is 2.80. The summed E-state index contributed by atoms with van der Waals surface area (Å²) in [5.41, 5.74) is 1.28. The van der Waals surface area contributed by atoms with E-state index in [2.05, 4.69) is 46.6 Å². The van der Waals surface area contributed by atoms with E-state index >= 15 is 0 Å². The zero-order valence-electron chi connectivity index (χ0n) is 11.6. The van der Waals surface area contributed by atoms with Crippen molar-refractivity contribution in [2.24, 2.45) is 0 Å². The van der Waals surface area contributed by atoms with Crippen LogP contribution in [0.15, 0.2) is 33.7 Å². The lowest BCUT2D eigenvalue weighted by Crippen LogP contribution is -2.26. The number of nitrogens with zero attached hydrogens (tertiary/aromatic N) is 2. The smallest absolute Gasteiger partial charge is 0.229 e. The molecular formula is C15H19N3OS. The van der Waals surface area contributed by atoms with Crippen molar-refractivity contribution in [2.45, 2.75) is 36.3 Å². The molecule has 3 rings (SSSR count). The minimum absolute atomic E-state index is 0.432. The fourth-order valence-electron chi connectivity index (χ4n) is 2.41. The maximum Gasteiger partial charge on any atom is 0.229 e. The number of piperidine rings is 1. The molecule has 1 aromatic heterocycles. The Morgan fingerprint density at radius 3 is 3.00 bits per heavy atom. The van der Waals surface area contributed by atoms with Gasteiger partial charge in [0.05, 0.1) is 5.75 Å². The summed E-state index contributed by atoms with van der Waals surface area (Å²) in [6.45, 7) is 4.19. The molecular weight excluding hydrogens is 270 g/mol. The molecule has 1 aromatic carbocycles. The van der Waals surface area contributed by atoms with Gasteiger partial charge in [-0.3, -0.25) is 0 Å². The molecule has 0 saturated carbocycles. The Morgan fingerprint density at radius 2 is 2.20 bits per heavy atom. The van der Waals surface area contributed by atoms with Crippen LogP contribution >= 0.6 is 11.8 Å². The molecule has 2 heterocycles. The van der Waals surface area contributed by atoms with Crippen molar-refractivity contribution in [1.82, 2.24) is 15.5 Å². The Bertz CT molecular complexity index is 564. The average molecular weight is 289 g/mol. The van der Waals surface area contributed by atoms with E-state index in [9.17, 15) is 0 Å². The van der Waals surface area contributed by atoms with E-state index in [0.717, 1.165) is 43.4 Å². The second kappa shape index (κ2) is 6.41. The summed E-state index contributed by atoms with van der Waals surface area (Å²) in [6.07, 6.45) is 2.18. The molecule has 1 fully saturated rings. The van der Waals surface area contributed by atoms with Gasteiger partial charge in [0.25, 0.3) is 0 Å². The normalized spacial score (nSPS) is 16.4. The van der Waals surface area contributed by atoms with E-state index < -0.39 is 0 Å².